The van der Waals surface area contributed by atoms with Gasteiger partial charge in [0.1, 0.15) is 17.7 Å². The average molecular weight is 234 g/mol. The van der Waals surface area contributed by atoms with Gasteiger partial charge in [-0.15, -0.1) is 0 Å². The van der Waals surface area contributed by atoms with Crippen LogP contribution in [0.2, 0.25) is 0 Å². The highest BCUT2D eigenvalue weighted by Crippen LogP contribution is 2.25. The second-order valence-electron chi connectivity index (χ2n) is 3.96. The van der Waals surface area contributed by atoms with E-state index < -0.39 is 17.7 Å². The van der Waals surface area contributed by atoms with Crippen molar-refractivity contribution in [2.45, 2.75) is 13.0 Å². The highest BCUT2D eigenvalue weighted by Gasteiger charge is 2.14. The molecule has 0 bridgehead atoms. The summed E-state index contributed by atoms with van der Waals surface area (Å²) in [6, 6.07) is 10.3. The van der Waals surface area contributed by atoms with Crippen LogP contribution in [0.25, 0.3) is 0 Å². The molecule has 0 saturated heterocycles. The third-order valence-electron chi connectivity index (χ3n) is 2.68. The van der Waals surface area contributed by atoms with Gasteiger partial charge in [-0.1, -0.05) is 24.3 Å². The lowest BCUT2D eigenvalue weighted by molar-refractivity contribution is 0.218. The van der Waals surface area contributed by atoms with E-state index in [9.17, 15) is 13.9 Å². The Labute approximate surface area is 98.3 Å². The minimum Gasteiger partial charge on any atom is -0.384 e. The summed E-state index contributed by atoms with van der Waals surface area (Å²) in [5.74, 6) is -1.37. The van der Waals surface area contributed by atoms with Gasteiger partial charge in [0.2, 0.25) is 0 Å². The molecule has 1 N–H and O–H groups in total. The molecule has 3 heteroatoms. The molecule has 1 unspecified atom stereocenters. The van der Waals surface area contributed by atoms with Crippen molar-refractivity contribution in [1.82, 2.24) is 0 Å². The molecule has 17 heavy (non-hydrogen) atoms. The Balaban J connectivity index is 2.43. The summed E-state index contributed by atoms with van der Waals surface area (Å²) in [5, 5.41) is 10.1. The Morgan fingerprint density at radius 3 is 2.18 bits per heavy atom. The minimum atomic E-state index is -1.01. The molecule has 0 amide bonds. The van der Waals surface area contributed by atoms with E-state index in [0.29, 0.717) is 5.56 Å². The van der Waals surface area contributed by atoms with E-state index in [1.165, 1.54) is 0 Å². The molecule has 0 aliphatic carbocycles. The van der Waals surface area contributed by atoms with Gasteiger partial charge in [0.15, 0.2) is 0 Å². The Kier molecular flexibility index (Phi) is 3.20. The van der Waals surface area contributed by atoms with E-state index in [2.05, 4.69) is 0 Å². The monoisotopic (exact) mass is 234 g/mol. The molecule has 2 aromatic carbocycles. The van der Waals surface area contributed by atoms with Crippen LogP contribution < -0.4 is 0 Å². The fraction of sp³-hybridized carbons (Fsp3) is 0.143. The zero-order chi connectivity index (χ0) is 12.4. The predicted octanol–water partition coefficient (Wildman–Crippen LogP) is 3.35. The zero-order valence-corrected chi connectivity index (χ0v) is 9.32. The lowest BCUT2D eigenvalue weighted by atomic mass is 9.97. The topological polar surface area (TPSA) is 20.2 Å². The summed E-state index contributed by atoms with van der Waals surface area (Å²) in [6.45, 7) is 1.84. The van der Waals surface area contributed by atoms with E-state index in [-0.39, 0.29) is 5.56 Å². The van der Waals surface area contributed by atoms with Crippen molar-refractivity contribution in [2.24, 2.45) is 0 Å². The molecule has 0 aliphatic heterocycles. The molecule has 1 nitrogen and oxygen atoms in total. The Hall–Kier alpha value is -1.74. The first kappa shape index (κ1) is 11.7. The summed E-state index contributed by atoms with van der Waals surface area (Å²) >= 11 is 0. The lowest BCUT2D eigenvalue weighted by Crippen LogP contribution is -2.03. The Morgan fingerprint density at radius 2 is 1.59 bits per heavy atom. The fourth-order valence-corrected chi connectivity index (χ4v) is 1.81. The van der Waals surface area contributed by atoms with Gasteiger partial charge in [0.05, 0.1) is 0 Å². The number of aryl methyl sites for hydroxylation is 1. The fourth-order valence-electron chi connectivity index (χ4n) is 1.81. The van der Waals surface area contributed by atoms with Crippen molar-refractivity contribution in [3.8, 4) is 0 Å². The van der Waals surface area contributed by atoms with Gasteiger partial charge >= 0.3 is 0 Å². The molecule has 2 rings (SSSR count). The average Bonchev–Trinajstić information content (AvgIpc) is 2.27. The molecule has 88 valence electrons. The zero-order valence-electron chi connectivity index (χ0n) is 9.32. The number of hydrogen-bond donors (Lipinski definition) is 1. The normalized spacial score (nSPS) is 12.5. The quantitative estimate of drug-likeness (QED) is 0.844. The van der Waals surface area contributed by atoms with Crippen molar-refractivity contribution >= 4 is 0 Å². The molecule has 2 aromatic rings. The number of aliphatic hydroxyl groups excluding tert-OH is 1. The number of hydrogen-bond acceptors (Lipinski definition) is 1. The van der Waals surface area contributed by atoms with Crippen LogP contribution in [0, 0.1) is 18.6 Å². The first-order chi connectivity index (χ1) is 8.08. The van der Waals surface area contributed by atoms with Gasteiger partial charge in [0.25, 0.3) is 0 Å². The summed E-state index contributed by atoms with van der Waals surface area (Å²) in [6.07, 6.45) is -1.01. The summed E-state index contributed by atoms with van der Waals surface area (Å²) in [7, 11) is 0. The largest absolute Gasteiger partial charge is 0.384 e. The van der Waals surface area contributed by atoms with Crippen molar-refractivity contribution in [2.75, 3.05) is 0 Å². The number of aliphatic hydroxyl groups is 1. The van der Waals surface area contributed by atoms with Crippen molar-refractivity contribution in [3.05, 3.63) is 70.8 Å². The maximum absolute atomic E-state index is 13.1. The van der Waals surface area contributed by atoms with E-state index in [1.807, 2.05) is 19.1 Å². The molecule has 0 fully saturated rings. The highest BCUT2D eigenvalue weighted by molar-refractivity contribution is 5.35. The maximum Gasteiger partial charge on any atom is 0.126 e. The van der Waals surface area contributed by atoms with E-state index >= 15 is 0 Å². The minimum absolute atomic E-state index is 0.219. The summed E-state index contributed by atoms with van der Waals surface area (Å²) in [5.41, 5.74) is 1.75. The van der Waals surface area contributed by atoms with Crippen LogP contribution in [-0.4, -0.2) is 5.11 Å². The molecule has 0 aromatic heterocycles. The molecule has 0 spiro atoms. The number of benzene rings is 2. The molecule has 0 heterocycles. The third-order valence-corrected chi connectivity index (χ3v) is 2.68. The van der Waals surface area contributed by atoms with Crippen LogP contribution in [0.3, 0.4) is 0 Å². The third kappa shape index (κ3) is 2.50. The second-order valence-corrected chi connectivity index (χ2v) is 3.96. The first-order valence-corrected chi connectivity index (χ1v) is 5.27. The molecular weight excluding hydrogens is 222 g/mol. The van der Waals surface area contributed by atoms with Crippen molar-refractivity contribution in [3.63, 3.8) is 0 Å². The summed E-state index contributed by atoms with van der Waals surface area (Å²) < 4.78 is 26.1. The van der Waals surface area contributed by atoms with Crippen LogP contribution in [0.1, 0.15) is 22.8 Å². The van der Waals surface area contributed by atoms with Crippen LogP contribution in [0.4, 0.5) is 8.78 Å². The van der Waals surface area contributed by atoms with Gasteiger partial charge in [-0.2, -0.15) is 0 Å². The summed E-state index contributed by atoms with van der Waals surface area (Å²) in [4.78, 5) is 0. The maximum atomic E-state index is 13.1. The van der Waals surface area contributed by atoms with Gasteiger partial charge in [-0.05, 0) is 35.7 Å². The van der Waals surface area contributed by atoms with Gasteiger partial charge in [-0.25, -0.2) is 8.78 Å². The first-order valence-electron chi connectivity index (χ1n) is 5.27. The van der Waals surface area contributed by atoms with Gasteiger partial charge in [0, 0.05) is 6.07 Å². The standard InChI is InChI=1S/C14H12F2O/c1-9-4-2-3-5-13(9)14(17)10-6-11(15)8-12(16)7-10/h2-8,14,17H,1H3. The molecule has 0 aliphatic rings. The molecular formula is C14H12F2O. The van der Waals surface area contributed by atoms with Crippen LogP contribution in [0.15, 0.2) is 42.5 Å². The smallest absolute Gasteiger partial charge is 0.126 e. The van der Waals surface area contributed by atoms with Crippen LogP contribution in [0.5, 0.6) is 0 Å². The molecule has 1 atom stereocenters. The Morgan fingerprint density at radius 1 is 1.00 bits per heavy atom. The van der Waals surface area contributed by atoms with Crippen LogP contribution in [-0.2, 0) is 0 Å². The SMILES string of the molecule is Cc1ccccc1C(O)c1cc(F)cc(F)c1. The Bertz CT molecular complexity index is 517. The van der Waals surface area contributed by atoms with E-state index in [1.54, 1.807) is 12.1 Å². The molecule has 0 radical (unpaired) electrons. The highest BCUT2D eigenvalue weighted by atomic mass is 19.1. The van der Waals surface area contributed by atoms with Crippen molar-refractivity contribution in [1.29, 1.82) is 0 Å². The van der Waals surface area contributed by atoms with Gasteiger partial charge in [-0.3, -0.25) is 0 Å². The van der Waals surface area contributed by atoms with E-state index in [0.717, 1.165) is 23.8 Å². The van der Waals surface area contributed by atoms with Crippen LogP contribution >= 0.6 is 0 Å². The number of halogens is 2. The lowest BCUT2D eigenvalue weighted by Gasteiger charge is -2.14. The second kappa shape index (κ2) is 4.63. The van der Waals surface area contributed by atoms with E-state index in [4.69, 9.17) is 0 Å². The molecule has 0 saturated carbocycles. The van der Waals surface area contributed by atoms with Gasteiger partial charge < -0.3 is 5.11 Å². The number of rotatable bonds is 2. The van der Waals surface area contributed by atoms with Crippen molar-refractivity contribution < 1.29 is 13.9 Å². The predicted molar refractivity (Wildman–Crippen MR) is 61.6 cm³/mol.